The summed E-state index contributed by atoms with van der Waals surface area (Å²) in [7, 11) is 0. The van der Waals surface area contributed by atoms with E-state index in [1.54, 1.807) is 38.5 Å². The van der Waals surface area contributed by atoms with Crippen molar-refractivity contribution in [1.29, 1.82) is 0 Å². The molecule has 0 unspecified atom stereocenters. The molecule has 7 rings (SSSR count). The lowest BCUT2D eigenvalue weighted by Gasteiger charge is -2.58. The first-order chi connectivity index (χ1) is 48.3. The highest BCUT2D eigenvalue weighted by Crippen LogP contribution is 2.63. The minimum atomic E-state index is 0.423. The van der Waals surface area contributed by atoms with Gasteiger partial charge in [-0.15, -0.1) is 0 Å². The summed E-state index contributed by atoms with van der Waals surface area (Å²) in [5, 5.41) is 6.99. The van der Waals surface area contributed by atoms with E-state index >= 15 is 0 Å². The first kappa shape index (κ1) is 110. The lowest BCUT2D eigenvalue weighted by atomic mass is 9.47. The molecule has 0 atom stereocenters. The van der Waals surface area contributed by atoms with Crippen molar-refractivity contribution in [3.8, 4) is 0 Å². The van der Waals surface area contributed by atoms with Gasteiger partial charge < -0.3 is 4.74 Å². The van der Waals surface area contributed by atoms with E-state index < -0.39 is 0 Å². The Morgan fingerprint density at radius 3 is 0.922 bits per heavy atom. The molecule has 1 nitrogen and oxygen atoms in total. The van der Waals surface area contributed by atoms with Crippen LogP contribution in [-0.4, -0.2) is 45.2 Å². The molecule has 0 aromatic carbocycles. The van der Waals surface area contributed by atoms with Crippen molar-refractivity contribution in [2.75, 3.05) is 45.2 Å². The van der Waals surface area contributed by atoms with Gasteiger partial charge in [-0.25, -0.2) is 0 Å². The van der Waals surface area contributed by atoms with Gasteiger partial charge in [-0.05, 0) is 269 Å². The second-order valence-corrected chi connectivity index (χ2v) is 44.2. The largest absolute Gasteiger partial charge is 0.381 e. The van der Waals surface area contributed by atoms with E-state index in [4.69, 9.17) is 4.74 Å². The molecular weight excluding hydrogens is 1650 g/mol. The van der Waals surface area contributed by atoms with E-state index in [1.807, 2.05) is 13.8 Å². The smallest absolute Gasteiger partial charge is 0.0474 e. The van der Waals surface area contributed by atoms with Gasteiger partial charge in [0.25, 0.3) is 0 Å². The maximum Gasteiger partial charge on any atom is 0.0474 e. The highest BCUT2D eigenvalue weighted by molar-refractivity contribution is 9.10. The van der Waals surface area contributed by atoms with Gasteiger partial charge in [-0.2, -0.15) is 0 Å². The van der Waals surface area contributed by atoms with Gasteiger partial charge in [0.2, 0.25) is 0 Å². The van der Waals surface area contributed by atoms with Crippen LogP contribution in [0.3, 0.4) is 0 Å². The Morgan fingerprint density at radius 2 is 0.641 bits per heavy atom. The van der Waals surface area contributed by atoms with Crippen molar-refractivity contribution in [2.24, 2.45) is 108 Å². The highest BCUT2D eigenvalue weighted by Gasteiger charge is 2.52. The van der Waals surface area contributed by atoms with Crippen LogP contribution in [0.4, 0.5) is 0 Å². The Morgan fingerprint density at radius 1 is 0.350 bits per heavy atom. The molecule has 7 aliphatic rings. The van der Waals surface area contributed by atoms with Crippen LogP contribution in [0.1, 0.15) is 444 Å². The average molecular weight is 1840 g/mol. The topological polar surface area (TPSA) is 9.23 Å². The summed E-state index contributed by atoms with van der Waals surface area (Å²) in [6.45, 7) is 64.9. The van der Waals surface area contributed by atoms with Crippen LogP contribution in [0.2, 0.25) is 0 Å². The van der Waals surface area contributed by atoms with Gasteiger partial charge in [-0.3, -0.25) is 0 Å². The molecule has 7 fully saturated rings. The maximum absolute atomic E-state index is 5.47. The standard InChI is InChI=1S/C14H26O.C13H25Br.C13H22.C12H23Br.C12H25Br.C11H23Br.C10H21Br.C9H19Br.C2H6/c1-4-5-6-7-8-14(13(2)3)9-11-15-12-10-14;1-12(2)13(9-5-6-10-13)8-4-3-7-11-14;1-9(2)13-6-10-3-11(7-13)5-12(4-10)8-13;1-11(2)12(8-6-9-12)7-4-3-5-10-13;1-11(2)12(3,4)9-7-5-6-8-10-13;1-10(2)11(3,4)8-6-5-7-9-12;1-9(2)10(3,4)7-5-6-8-11;1-8(2)9(3,4)6-5-7-10;1-2/h7-8,13H,4-6,9-12H2,1-3H3;12H,3-11H2,1-2H3;9-12H,3-8H2,1-2H3;11H,3-10H2,1-2H3;11H,5-10H2,1-4H3;10H,5-9H2,1-4H3;9H,5-8H2,1-4H3;8H,5-7H2,1-4H3;1-2H3/b8-7-;;;;;;;;. The van der Waals surface area contributed by atoms with Gasteiger partial charge in [0.1, 0.15) is 0 Å². The second kappa shape index (κ2) is 61.9. The number of alkyl halides is 6. The van der Waals surface area contributed by atoms with E-state index in [9.17, 15) is 0 Å². The quantitative estimate of drug-likeness (QED) is 0.0338. The molecule has 622 valence electrons. The van der Waals surface area contributed by atoms with Crippen molar-refractivity contribution in [3.63, 3.8) is 0 Å². The molecular formula is C96H190Br6O. The number of rotatable bonds is 40. The number of hydrogen-bond acceptors (Lipinski definition) is 1. The fraction of sp³-hybridized carbons (Fsp3) is 0.979. The van der Waals surface area contributed by atoms with Crippen molar-refractivity contribution >= 4 is 95.6 Å². The average Bonchev–Trinajstić information content (AvgIpc) is 1.12. The third kappa shape index (κ3) is 47.9. The SMILES string of the molecule is CC.CC(C)C(C)(C)CCCBr.CC(C)C(C)(C)CCCCBr.CC(C)C(C)(C)CCCCCBr.CC(C)C(C)(C)CCCCCCBr.CC(C)C1(CCCCCBr)CCC1.CC(C)C1(CCCCCBr)CCCC1.CC(C)C12CC3CC(CC(C3)C1)C2.CCCC/C=C\C1(C(C)C)CCOCC1. The Labute approximate surface area is 703 Å². The predicted molar refractivity (Wildman–Crippen MR) is 498 cm³/mol. The summed E-state index contributed by atoms with van der Waals surface area (Å²) >= 11 is 20.8. The Bertz CT molecular complexity index is 1850. The number of ether oxygens (including phenoxy) is 1. The number of hydrogen-bond donors (Lipinski definition) is 0. The molecule has 6 aliphatic carbocycles. The molecule has 1 heterocycles. The highest BCUT2D eigenvalue weighted by atomic mass is 79.9. The molecule has 0 aromatic rings. The summed E-state index contributed by atoms with van der Waals surface area (Å²) < 4.78 is 5.47. The summed E-state index contributed by atoms with van der Waals surface area (Å²) in [5.74, 6) is 10.1. The van der Waals surface area contributed by atoms with Gasteiger partial charge in [0, 0.05) is 45.2 Å². The fourth-order valence-electron chi connectivity index (χ4n) is 16.9. The van der Waals surface area contributed by atoms with Crippen LogP contribution < -0.4 is 0 Å². The first-order valence-electron chi connectivity index (χ1n) is 44.9. The minimum absolute atomic E-state index is 0.423. The second-order valence-electron chi connectivity index (χ2n) is 39.4. The molecule has 4 bridgehead atoms. The lowest BCUT2D eigenvalue weighted by molar-refractivity contribution is -0.0789. The van der Waals surface area contributed by atoms with Crippen LogP contribution in [0, 0.1) is 108 Å². The van der Waals surface area contributed by atoms with Gasteiger partial charge in [-0.1, -0.05) is 391 Å². The Balaban J connectivity index is -0.00000111. The van der Waals surface area contributed by atoms with Crippen LogP contribution in [0.25, 0.3) is 0 Å². The zero-order valence-electron chi connectivity index (χ0n) is 75.1. The summed E-state index contributed by atoms with van der Waals surface area (Å²) in [5.41, 5.74) is 4.83. The van der Waals surface area contributed by atoms with Crippen LogP contribution >= 0.6 is 95.6 Å². The summed E-state index contributed by atoms with van der Waals surface area (Å²) in [6, 6.07) is 0. The van der Waals surface area contributed by atoms with E-state index in [-0.39, 0.29) is 0 Å². The summed E-state index contributed by atoms with van der Waals surface area (Å²) in [4.78, 5) is 0. The Kier molecular flexibility index (Phi) is 66.0. The third-order valence-electron chi connectivity index (χ3n) is 28.6. The monoisotopic (exact) mass is 1830 g/mol. The fourth-order valence-corrected chi connectivity index (χ4v) is 19.1. The number of halogens is 6. The molecule has 6 saturated carbocycles. The first-order valence-corrected chi connectivity index (χ1v) is 51.7. The van der Waals surface area contributed by atoms with E-state index in [0.717, 1.165) is 111 Å². The van der Waals surface area contributed by atoms with Crippen LogP contribution in [0.5, 0.6) is 0 Å². The van der Waals surface area contributed by atoms with Gasteiger partial charge >= 0.3 is 0 Å². The summed E-state index contributed by atoms with van der Waals surface area (Å²) in [6.07, 6.45) is 61.5. The third-order valence-corrected chi connectivity index (χ3v) is 32.0. The minimum Gasteiger partial charge on any atom is -0.381 e. The molecule has 1 saturated heterocycles. The molecule has 0 amide bonds. The van der Waals surface area contributed by atoms with E-state index in [2.05, 4.69) is 281 Å². The zero-order chi connectivity index (χ0) is 79.4. The van der Waals surface area contributed by atoms with Crippen molar-refractivity contribution in [1.82, 2.24) is 0 Å². The van der Waals surface area contributed by atoms with Crippen molar-refractivity contribution in [2.45, 2.75) is 444 Å². The predicted octanol–water partition coefficient (Wildman–Crippen LogP) is 36.7. The van der Waals surface area contributed by atoms with E-state index in [1.165, 1.54) is 234 Å². The van der Waals surface area contributed by atoms with Crippen LogP contribution in [0.15, 0.2) is 12.2 Å². The van der Waals surface area contributed by atoms with Gasteiger partial charge in [0.15, 0.2) is 0 Å². The molecule has 7 heteroatoms. The van der Waals surface area contributed by atoms with Gasteiger partial charge in [0.05, 0.1) is 0 Å². The zero-order valence-corrected chi connectivity index (χ0v) is 84.6. The molecule has 0 aromatic heterocycles. The number of unbranched alkanes of at least 4 members (excludes halogenated alkanes) is 12. The van der Waals surface area contributed by atoms with Crippen molar-refractivity contribution < 1.29 is 4.74 Å². The van der Waals surface area contributed by atoms with Crippen LogP contribution in [-0.2, 0) is 4.74 Å². The normalized spacial score (nSPS) is 20.8. The van der Waals surface area contributed by atoms with Crippen molar-refractivity contribution in [3.05, 3.63) is 12.2 Å². The number of allylic oxidation sites excluding steroid dienone is 2. The van der Waals surface area contributed by atoms with E-state index in [0.29, 0.717) is 27.1 Å². The molecule has 1 aliphatic heterocycles. The molecule has 103 heavy (non-hydrogen) atoms. The molecule has 0 radical (unpaired) electrons. The Hall–Kier alpha value is 2.58. The maximum atomic E-state index is 5.47. The molecule has 0 spiro atoms. The molecule has 0 N–H and O–H groups in total. The lowest BCUT2D eigenvalue weighted by Crippen LogP contribution is -2.48.